The lowest BCUT2D eigenvalue weighted by Crippen LogP contribution is -2.15. The van der Waals surface area contributed by atoms with Crippen LogP contribution >= 0.6 is 0 Å². The molecule has 0 aliphatic heterocycles. The van der Waals surface area contributed by atoms with Crippen molar-refractivity contribution in [3.05, 3.63) is 0 Å². The first-order valence-electron chi connectivity index (χ1n) is 4.88. The Morgan fingerprint density at radius 2 is 1.92 bits per heavy atom. The maximum atomic E-state index is 10.7. The van der Waals surface area contributed by atoms with E-state index in [1.54, 1.807) is 0 Å². The Kier molecular flexibility index (Phi) is 3.93. The van der Waals surface area contributed by atoms with E-state index < -0.39 is 11.8 Å². The van der Waals surface area contributed by atoms with E-state index in [2.05, 4.69) is 0 Å². The maximum Gasteiger partial charge on any atom is 0.374 e. The summed E-state index contributed by atoms with van der Waals surface area (Å²) < 4.78 is 4.78. The topological polar surface area (TPSA) is 43.4 Å². The highest BCUT2D eigenvalue weighted by atomic mass is 16.5. The molecular weight excluding hydrogens is 168 g/mol. The smallest absolute Gasteiger partial charge is 0.374 e. The van der Waals surface area contributed by atoms with Crippen molar-refractivity contribution in [3.8, 4) is 0 Å². The molecule has 0 aromatic carbocycles. The number of hydrogen-bond acceptors (Lipinski definition) is 3. The highest BCUT2D eigenvalue weighted by Gasteiger charge is 2.16. The summed E-state index contributed by atoms with van der Waals surface area (Å²) >= 11 is 0. The zero-order valence-electron chi connectivity index (χ0n) is 8.04. The van der Waals surface area contributed by atoms with E-state index in [1.807, 2.05) is 0 Å². The quantitative estimate of drug-likeness (QED) is 0.493. The third kappa shape index (κ3) is 3.57. The van der Waals surface area contributed by atoms with Crippen LogP contribution in [0.4, 0.5) is 0 Å². The zero-order valence-corrected chi connectivity index (χ0v) is 8.04. The molecule has 1 saturated carbocycles. The molecule has 0 radical (unpaired) electrons. The highest BCUT2D eigenvalue weighted by molar-refractivity contribution is 6.32. The molecule has 0 atom stereocenters. The molecule has 1 aliphatic rings. The second-order valence-electron chi connectivity index (χ2n) is 3.63. The minimum Gasteiger partial charge on any atom is -0.460 e. The molecule has 13 heavy (non-hydrogen) atoms. The molecule has 3 heteroatoms. The second kappa shape index (κ2) is 5.00. The molecule has 1 fully saturated rings. The number of ketones is 1. The molecule has 0 unspecified atom stereocenters. The summed E-state index contributed by atoms with van der Waals surface area (Å²) in [5.41, 5.74) is 0. The van der Waals surface area contributed by atoms with E-state index in [1.165, 1.54) is 32.6 Å². The van der Waals surface area contributed by atoms with Gasteiger partial charge in [0.25, 0.3) is 0 Å². The minimum atomic E-state index is -0.696. The molecule has 74 valence electrons. The molecule has 3 nitrogen and oxygen atoms in total. The lowest BCUT2D eigenvalue weighted by Gasteiger charge is -2.07. The Hall–Kier alpha value is -0.860. The largest absolute Gasteiger partial charge is 0.460 e. The number of ether oxygens (including phenoxy) is 1. The highest BCUT2D eigenvalue weighted by Crippen LogP contribution is 2.27. The van der Waals surface area contributed by atoms with Crippen LogP contribution in [0.15, 0.2) is 0 Å². The van der Waals surface area contributed by atoms with Crippen LogP contribution in [0.3, 0.4) is 0 Å². The van der Waals surface area contributed by atoms with Gasteiger partial charge in [-0.25, -0.2) is 4.79 Å². The summed E-state index contributed by atoms with van der Waals surface area (Å²) in [6.45, 7) is 1.64. The number of carbonyl (C=O) groups is 2. The molecule has 0 aromatic rings. The molecule has 0 amide bonds. The van der Waals surface area contributed by atoms with E-state index in [-0.39, 0.29) is 0 Å². The number of esters is 1. The van der Waals surface area contributed by atoms with Crippen LogP contribution in [0.5, 0.6) is 0 Å². The number of rotatable bonds is 4. The van der Waals surface area contributed by atoms with Gasteiger partial charge < -0.3 is 4.74 Å². The average molecular weight is 184 g/mol. The normalized spacial score (nSPS) is 17.3. The van der Waals surface area contributed by atoms with Crippen LogP contribution in [0.1, 0.15) is 39.0 Å². The van der Waals surface area contributed by atoms with Crippen molar-refractivity contribution in [1.82, 2.24) is 0 Å². The van der Waals surface area contributed by atoms with Crippen molar-refractivity contribution in [1.29, 1.82) is 0 Å². The van der Waals surface area contributed by atoms with Crippen LogP contribution in [-0.4, -0.2) is 18.4 Å². The van der Waals surface area contributed by atoms with Gasteiger partial charge in [-0.15, -0.1) is 0 Å². The van der Waals surface area contributed by atoms with Crippen molar-refractivity contribution in [3.63, 3.8) is 0 Å². The Labute approximate surface area is 78.5 Å². The van der Waals surface area contributed by atoms with Gasteiger partial charge in [0.05, 0.1) is 6.61 Å². The van der Waals surface area contributed by atoms with Crippen LogP contribution in [0.2, 0.25) is 0 Å². The molecule has 1 aliphatic carbocycles. The number of hydrogen-bond donors (Lipinski definition) is 0. The molecule has 0 spiro atoms. The van der Waals surface area contributed by atoms with Gasteiger partial charge in [0, 0.05) is 6.92 Å². The summed E-state index contributed by atoms with van der Waals surface area (Å²) in [6.07, 6.45) is 6.00. The van der Waals surface area contributed by atoms with Crippen LogP contribution in [-0.2, 0) is 14.3 Å². The van der Waals surface area contributed by atoms with Crippen molar-refractivity contribution in [2.75, 3.05) is 6.61 Å². The SMILES string of the molecule is CC(=O)C(=O)OCCC1CCCC1. The van der Waals surface area contributed by atoms with Crippen LogP contribution < -0.4 is 0 Å². The van der Waals surface area contributed by atoms with Gasteiger partial charge in [0.2, 0.25) is 5.78 Å². The fourth-order valence-corrected chi connectivity index (χ4v) is 1.72. The van der Waals surface area contributed by atoms with E-state index >= 15 is 0 Å². The molecule has 0 heterocycles. The van der Waals surface area contributed by atoms with Gasteiger partial charge in [-0.05, 0) is 12.3 Å². The van der Waals surface area contributed by atoms with Crippen molar-refractivity contribution >= 4 is 11.8 Å². The zero-order chi connectivity index (χ0) is 9.68. The first kappa shape index (κ1) is 10.2. The standard InChI is InChI=1S/C10H16O3/c1-8(11)10(12)13-7-6-9-4-2-3-5-9/h9H,2-7H2,1H3. The van der Waals surface area contributed by atoms with Gasteiger partial charge in [0.1, 0.15) is 0 Å². The minimum absolute atomic E-state index is 0.406. The first-order valence-corrected chi connectivity index (χ1v) is 4.88. The van der Waals surface area contributed by atoms with Crippen LogP contribution in [0.25, 0.3) is 0 Å². The monoisotopic (exact) mass is 184 g/mol. The summed E-state index contributed by atoms with van der Waals surface area (Å²) in [4.78, 5) is 21.2. The third-order valence-electron chi connectivity index (χ3n) is 2.52. The van der Waals surface area contributed by atoms with Gasteiger partial charge in [-0.1, -0.05) is 25.7 Å². The summed E-state index contributed by atoms with van der Waals surface area (Å²) in [5, 5.41) is 0. The van der Waals surface area contributed by atoms with Crippen molar-refractivity contribution < 1.29 is 14.3 Å². The Morgan fingerprint density at radius 3 is 2.46 bits per heavy atom. The fourth-order valence-electron chi connectivity index (χ4n) is 1.72. The first-order chi connectivity index (χ1) is 6.20. The molecule has 1 rings (SSSR count). The number of carbonyl (C=O) groups excluding carboxylic acids is 2. The Balaban J connectivity index is 2.06. The van der Waals surface area contributed by atoms with Gasteiger partial charge in [-0.2, -0.15) is 0 Å². The fraction of sp³-hybridized carbons (Fsp3) is 0.800. The predicted molar refractivity (Wildman–Crippen MR) is 48.2 cm³/mol. The molecular formula is C10H16O3. The lowest BCUT2D eigenvalue weighted by atomic mass is 10.1. The molecule has 0 bridgehead atoms. The predicted octanol–water partition coefficient (Wildman–Crippen LogP) is 1.70. The van der Waals surface area contributed by atoms with Gasteiger partial charge in [-0.3, -0.25) is 4.79 Å². The van der Waals surface area contributed by atoms with E-state index in [4.69, 9.17) is 4.74 Å². The Morgan fingerprint density at radius 1 is 1.31 bits per heavy atom. The van der Waals surface area contributed by atoms with Crippen LogP contribution in [0, 0.1) is 5.92 Å². The summed E-state index contributed by atoms with van der Waals surface area (Å²) in [7, 11) is 0. The summed E-state index contributed by atoms with van der Waals surface area (Å²) in [6, 6.07) is 0. The van der Waals surface area contributed by atoms with Gasteiger partial charge in [0.15, 0.2) is 0 Å². The van der Waals surface area contributed by atoms with E-state index in [0.717, 1.165) is 6.42 Å². The Bertz CT molecular complexity index is 192. The second-order valence-corrected chi connectivity index (χ2v) is 3.63. The average Bonchev–Trinajstić information content (AvgIpc) is 2.56. The molecule has 0 aromatic heterocycles. The number of Topliss-reactive ketones (excluding diaryl/α,β-unsaturated/α-hetero) is 1. The van der Waals surface area contributed by atoms with Crippen molar-refractivity contribution in [2.45, 2.75) is 39.0 Å². The van der Waals surface area contributed by atoms with E-state index in [0.29, 0.717) is 12.5 Å². The lowest BCUT2D eigenvalue weighted by molar-refractivity contribution is -0.153. The van der Waals surface area contributed by atoms with E-state index in [9.17, 15) is 9.59 Å². The third-order valence-corrected chi connectivity index (χ3v) is 2.52. The van der Waals surface area contributed by atoms with Crippen molar-refractivity contribution in [2.24, 2.45) is 5.92 Å². The van der Waals surface area contributed by atoms with Gasteiger partial charge >= 0.3 is 5.97 Å². The maximum absolute atomic E-state index is 10.7. The molecule has 0 N–H and O–H groups in total. The summed E-state index contributed by atoms with van der Waals surface area (Å²) in [5.74, 6) is -0.496. The molecule has 0 saturated heterocycles.